The number of ether oxygens (including phenoxy) is 1. The number of esters is 1. The van der Waals surface area contributed by atoms with Crippen LogP contribution in [-0.2, 0) is 9.53 Å². The van der Waals surface area contributed by atoms with Crippen LogP contribution in [0.2, 0.25) is 0 Å². The van der Waals surface area contributed by atoms with Crippen LogP contribution < -0.4 is 5.32 Å². The van der Waals surface area contributed by atoms with Crippen molar-refractivity contribution in [3.8, 4) is 0 Å². The minimum Gasteiger partial charge on any atom is -0.452 e. The Balaban J connectivity index is 1.74. The molecule has 0 atom stereocenters. The number of benzene rings is 2. The summed E-state index contributed by atoms with van der Waals surface area (Å²) in [5, 5.41) is 14.1. The number of aryl methyl sites for hydroxylation is 3. The molecule has 0 aliphatic heterocycles. The van der Waals surface area contributed by atoms with Gasteiger partial charge in [-0.15, -0.1) is 0 Å². The van der Waals surface area contributed by atoms with E-state index in [1.165, 1.54) is 18.2 Å². The maximum absolute atomic E-state index is 12.6. The Kier molecular flexibility index (Phi) is 5.54. The number of nitro benzene ring substituents is 1. The molecule has 0 saturated carbocycles. The quantitative estimate of drug-likeness (QED) is 0.400. The second-order valence-corrected chi connectivity index (χ2v) is 6.71. The first-order valence-electron chi connectivity index (χ1n) is 8.84. The zero-order valence-corrected chi connectivity index (χ0v) is 16.2. The summed E-state index contributed by atoms with van der Waals surface area (Å²) in [5.41, 5.74) is 3.43. The van der Waals surface area contributed by atoms with Crippen molar-refractivity contribution in [1.29, 1.82) is 0 Å². The van der Waals surface area contributed by atoms with Crippen molar-refractivity contribution in [2.24, 2.45) is 0 Å². The number of anilines is 1. The van der Waals surface area contributed by atoms with Gasteiger partial charge >= 0.3 is 5.97 Å². The third kappa shape index (κ3) is 4.55. The predicted octanol–water partition coefficient (Wildman–Crippen LogP) is 3.86. The predicted molar refractivity (Wildman–Crippen MR) is 108 cm³/mol. The number of rotatable bonds is 5. The van der Waals surface area contributed by atoms with E-state index in [2.05, 4.69) is 10.3 Å². The molecule has 3 aromatic rings. The summed E-state index contributed by atoms with van der Waals surface area (Å²) in [4.78, 5) is 39.5. The Morgan fingerprint density at radius 2 is 1.86 bits per heavy atom. The smallest absolute Gasteiger partial charge is 0.339 e. The van der Waals surface area contributed by atoms with E-state index < -0.39 is 23.4 Å². The van der Waals surface area contributed by atoms with Gasteiger partial charge in [0.1, 0.15) is 0 Å². The van der Waals surface area contributed by atoms with Crippen molar-refractivity contribution in [3.05, 3.63) is 75.0 Å². The molecular formula is C21H19N3O5. The molecule has 3 rings (SSSR count). The number of carbonyl (C=O) groups is 2. The lowest BCUT2D eigenvalue weighted by atomic mass is 10.1. The molecule has 0 spiro atoms. The Morgan fingerprint density at radius 3 is 2.59 bits per heavy atom. The van der Waals surface area contributed by atoms with Crippen LogP contribution in [0.4, 0.5) is 11.4 Å². The SMILES string of the molecule is Cc1ccc2nc(C)cc(C(=O)OCC(=O)Nc3cc([N+](=O)[O-])ccc3C)c2c1. The molecule has 8 nitrogen and oxygen atoms in total. The fraction of sp³-hybridized carbons (Fsp3) is 0.190. The number of hydrogen-bond donors (Lipinski definition) is 1. The lowest BCUT2D eigenvalue weighted by molar-refractivity contribution is -0.384. The summed E-state index contributed by atoms with van der Waals surface area (Å²) < 4.78 is 5.17. The molecule has 0 radical (unpaired) electrons. The number of nitrogens with one attached hydrogen (secondary N) is 1. The van der Waals surface area contributed by atoms with Crippen LogP contribution >= 0.6 is 0 Å². The number of carbonyl (C=O) groups excluding carboxylic acids is 2. The number of pyridine rings is 1. The van der Waals surface area contributed by atoms with E-state index >= 15 is 0 Å². The Morgan fingerprint density at radius 1 is 1.10 bits per heavy atom. The molecule has 0 fully saturated rings. The summed E-state index contributed by atoms with van der Waals surface area (Å²) in [6.45, 7) is 4.87. The fourth-order valence-electron chi connectivity index (χ4n) is 2.89. The van der Waals surface area contributed by atoms with Crippen molar-refractivity contribution >= 4 is 34.2 Å². The third-order valence-electron chi connectivity index (χ3n) is 4.35. The van der Waals surface area contributed by atoms with Crippen molar-refractivity contribution in [3.63, 3.8) is 0 Å². The first kappa shape index (κ1) is 19.9. The average Bonchev–Trinajstić information content (AvgIpc) is 2.67. The number of nitro groups is 1. The molecule has 1 aromatic heterocycles. The first-order valence-corrected chi connectivity index (χ1v) is 8.84. The lowest BCUT2D eigenvalue weighted by Crippen LogP contribution is -2.21. The molecular weight excluding hydrogens is 374 g/mol. The molecule has 2 aromatic carbocycles. The molecule has 0 aliphatic carbocycles. The van der Waals surface area contributed by atoms with Crippen LogP contribution in [0.3, 0.4) is 0 Å². The maximum Gasteiger partial charge on any atom is 0.339 e. The van der Waals surface area contributed by atoms with E-state index in [9.17, 15) is 19.7 Å². The van der Waals surface area contributed by atoms with Gasteiger partial charge in [0, 0.05) is 23.2 Å². The standard InChI is InChI=1S/C21H19N3O5/c1-12-4-7-18-16(8-12)17(9-14(3)22-18)21(26)29-11-20(25)23-19-10-15(24(27)28)6-5-13(19)2/h4-10H,11H2,1-3H3,(H,23,25). The van der Waals surface area contributed by atoms with Gasteiger partial charge in [0.05, 0.1) is 21.7 Å². The molecule has 0 aliphatic rings. The fourth-order valence-corrected chi connectivity index (χ4v) is 2.89. The van der Waals surface area contributed by atoms with Gasteiger partial charge in [0.15, 0.2) is 6.61 Å². The number of non-ortho nitro benzene ring substituents is 1. The normalized spacial score (nSPS) is 10.6. The monoisotopic (exact) mass is 393 g/mol. The van der Waals surface area contributed by atoms with Crippen LogP contribution in [0, 0.1) is 30.9 Å². The molecule has 0 saturated heterocycles. The van der Waals surface area contributed by atoms with Gasteiger partial charge in [0.25, 0.3) is 11.6 Å². The maximum atomic E-state index is 12.6. The molecule has 0 unspecified atom stereocenters. The number of hydrogen-bond acceptors (Lipinski definition) is 6. The minimum atomic E-state index is -0.642. The first-order chi connectivity index (χ1) is 13.7. The van der Waals surface area contributed by atoms with E-state index in [0.717, 1.165) is 5.56 Å². The summed E-state index contributed by atoms with van der Waals surface area (Å²) in [7, 11) is 0. The van der Waals surface area contributed by atoms with Crippen LogP contribution in [0.1, 0.15) is 27.2 Å². The topological polar surface area (TPSA) is 111 Å². The van der Waals surface area contributed by atoms with Gasteiger partial charge in [-0.1, -0.05) is 17.7 Å². The molecule has 148 valence electrons. The zero-order chi connectivity index (χ0) is 21.1. The van der Waals surface area contributed by atoms with Crippen molar-refractivity contribution < 1.29 is 19.2 Å². The summed E-state index contributed by atoms with van der Waals surface area (Å²) in [6.07, 6.45) is 0. The zero-order valence-electron chi connectivity index (χ0n) is 16.2. The highest BCUT2D eigenvalue weighted by atomic mass is 16.6. The minimum absolute atomic E-state index is 0.142. The van der Waals surface area contributed by atoms with Crippen LogP contribution in [0.15, 0.2) is 42.5 Å². The Labute approximate surface area is 166 Å². The highest BCUT2D eigenvalue weighted by molar-refractivity contribution is 6.04. The van der Waals surface area contributed by atoms with Crippen molar-refractivity contribution in [2.75, 3.05) is 11.9 Å². The number of aromatic nitrogens is 1. The third-order valence-corrected chi connectivity index (χ3v) is 4.35. The molecule has 1 heterocycles. The van der Waals surface area contributed by atoms with Crippen LogP contribution in [-0.4, -0.2) is 28.4 Å². The van der Waals surface area contributed by atoms with Crippen molar-refractivity contribution in [1.82, 2.24) is 4.98 Å². The van der Waals surface area contributed by atoms with E-state index in [4.69, 9.17) is 4.74 Å². The van der Waals surface area contributed by atoms with Gasteiger partial charge in [-0.3, -0.25) is 19.9 Å². The highest BCUT2D eigenvalue weighted by Crippen LogP contribution is 2.23. The molecule has 29 heavy (non-hydrogen) atoms. The second-order valence-electron chi connectivity index (χ2n) is 6.71. The van der Waals surface area contributed by atoms with Crippen LogP contribution in [0.5, 0.6) is 0 Å². The van der Waals surface area contributed by atoms with Gasteiger partial charge in [-0.2, -0.15) is 0 Å². The van der Waals surface area contributed by atoms with Gasteiger partial charge < -0.3 is 10.1 Å². The van der Waals surface area contributed by atoms with E-state index in [1.807, 2.05) is 25.1 Å². The molecule has 1 N–H and O–H groups in total. The Hall–Kier alpha value is -3.81. The van der Waals surface area contributed by atoms with E-state index in [1.54, 1.807) is 19.9 Å². The summed E-state index contributed by atoms with van der Waals surface area (Å²) >= 11 is 0. The number of amides is 1. The molecule has 8 heteroatoms. The number of fused-ring (bicyclic) bond motifs is 1. The largest absolute Gasteiger partial charge is 0.452 e. The van der Waals surface area contributed by atoms with E-state index in [0.29, 0.717) is 33.4 Å². The Bertz CT molecular complexity index is 1140. The molecule has 1 amide bonds. The van der Waals surface area contributed by atoms with Gasteiger partial charge in [0.2, 0.25) is 0 Å². The summed E-state index contributed by atoms with van der Waals surface area (Å²) in [6, 6.07) is 11.3. The second kappa shape index (κ2) is 8.05. The van der Waals surface area contributed by atoms with Crippen LogP contribution in [0.25, 0.3) is 10.9 Å². The summed E-state index contributed by atoms with van der Waals surface area (Å²) in [5.74, 6) is -1.23. The van der Waals surface area contributed by atoms with Crippen molar-refractivity contribution in [2.45, 2.75) is 20.8 Å². The average molecular weight is 393 g/mol. The number of nitrogens with zero attached hydrogens (tertiary/aromatic N) is 2. The molecule has 0 bridgehead atoms. The van der Waals surface area contributed by atoms with Gasteiger partial charge in [-0.05, 0) is 44.5 Å². The lowest BCUT2D eigenvalue weighted by Gasteiger charge is -2.11. The van der Waals surface area contributed by atoms with E-state index in [-0.39, 0.29) is 5.69 Å². The highest BCUT2D eigenvalue weighted by Gasteiger charge is 2.16. The van der Waals surface area contributed by atoms with Gasteiger partial charge in [-0.25, -0.2) is 4.79 Å².